The lowest BCUT2D eigenvalue weighted by Gasteiger charge is -2.15. The molecule has 27 heavy (non-hydrogen) atoms. The number of carbonyl (C=O) groups excluding carboxylic acids is 2. The van der Waals surface area contributed by atoms with E-state index in [1.165, 1.54) is 14.0 Å². The summed E-state index contributed by atoms with van der Waals surface area (Å²) in [5.41, 5.74) is 1.24. The van der Waals surface area contributed by atoms with E-state index in [-0.39, 0.29) is 30.3 Å². The summed E-state index contributed by atoms with van der Waals surface area (Å²) < 4.78 is 16.1. The van der Waals surface area contributed by atoms with Crippen molar-refractivity contribution in [2.75, 3.05) is 20.3 Å². The van der Waals surface area contributed by atoms with E-state index in [4.69, 9.17) is 14.2 Å². The minimum Gasteiger partial charge on any atom is -0.507 e. The Hall–Kier alpha value is -3.02. The van der Waals surface area contributed by atoms with E-state index in [1.807, 2.05) is 6.92 Å². The van der Waals surface area contributed by atoms with Gasteiger partial charge in [0.2, 0.25) is 0 Å². The van der Waals surface area contributed by atoms with Crippen LogP contribution >= 0.6 is 0 Å². The number of para-hydroxylation sites is 1. The minimum absolute atomic E-state index is 0.0289. The molecule has 2 aromatic rings. The van der Waals surface area contributed by atoms with Crippen molar-refractivity contribution < 1.29 is 28.9 Å². The molecule has 6 nitrogen and oxygen atoms in total. The number of ether oxygens (including phenoxy) is 3. The molecule has 144 valence electrons. The number of phenolic OH excluding ortho intramolecular Hbond substituents is 1. The SMILES string of the molecule is CCCc1c(OCCOc2ccccc2C(=O)OC)ccc(C(C)=O)c1O. The topological polar surface area (TPSA) is 82.1 Å². The summed E-state index contributed by atoms with van der Waals surface area (Å²) in [6.07, 6.45) is 1.39. The normalized spacial score (nSPS) is 10.3. The van der Waals surface area contributed by atoms with Crippen LogP contribution in [0, 0.1) is 0 Å². The minimum atomic E-state index is -0.471. The molecular weight excluding hydrogens is 348 g/mol. The number of carbonyl (C=O) groups is 2. The number of rotatable bonds is 9. The van der Waals surface area contributed by atoms with Crippen LogP contribution in [0.2, 0.25) is 0 Å². The highest BCUT2D eigenvalue weighted by Crippen LogP contribution is 2.33. The van der Waals surface area contributed by atoms with Crippen molar-refractivity contribution >= 4 is 11.8 Å². The quantitative estimate of drug-likeness (QED) is 0.410. The van der Waals surface area contributed by atoms with E-state index in [0.29, 0.717) is 29.0 Å². The summed E-state index contributed by atoms with van der Waals surface area (Å²) >= 11 is 0. The van der Waals surface area contributed by atoms with Gasteiger partial charge in [-0.2, -0.15) is 0 Å². The fourth-order valence-corrected chi connectivity index (χ4v) is 2.70. The van der Waals surface area contributed by atoms with Crippen molar-refractivity contribution in [1.29, 1.82) is 0 Å². The monoisotopic (exact) mass is 372 g/mol. The van der Waals surface area contributed by atoms with E-state index in [2.05, 4.69) is 0 Å². The van der Waals surface area contributed by atoms with Crippen molar-refractivity contribution in [3.05, 3.63) is 53.1 Å². The van der Waals surface area contributed by atoms with Gasteiger partial charge in [-0.25, -0.2) is 4.79 Å². The third-order valence-corrected chi connectivity index (χ3v) is 4.01. The number of esters is 1. The predicted octanol–water partition coefficient (Wildman–Crippen LogP) is 3.79. The van der Waals surface area contributed by atoms with Gasteiger partial charge in [0, 0.05) is 5.56 Å². The second kappa shape index (κ2) is 9.62. The summed E-state index contributed by atoms with van der Waals surface area (Å²) in [6, 6.07) is 10.0. The lowest BCUT2D eigenvalue weighted by Crippen LogP contribution is -2.13. The second-order valence-corrected chi connectivity index (χ2v) is 5.93. The molecule has 0 saturated carbocycles. The van der Waals surface area contributed by atoms with Gasteiger partial charge in [-0.3, -0.25) is 4.79 Å². The lowest BCUT2D eigenvalue weighted by atomic mass is 10.0. The number of methoxy groups -OCH3 is 1. The Labute approximate surface area is 158 Å². The molecule has 0 amide bonds. The Kier molecular flexibility index (Phi) is 7.23. The molecule has 0 aromatic heterocycles. The summed E-state index contributed by atoms with van der Waals surface area (Å²) in [4.78, 5) is 23.3. The van der Waals surface area contributed by atoms with E-state index in [9.17, 15) is 14.7 Å². The van der Waals surface area contributed by atoms with Gasteiger partial charge >= 0.3 is 5.97 Å². The maximum absolute atomic E-state index is 11.7. The van der Waals surface area contributed by atoms with E-state index >= 15 is 0 Å². The highest BCUT2D eigenvalue weighted by Gasteiger charge is 2.16. The van der Waals surface area contributed by atoms with Crippen LogP contribution in [0.1, 0.15) is 46.5 Å². The highest BCUT2D eigenvalue weighted by molar-refractivity contribution is 5.97. The molecule has 0 saturated heterocycles. The summed E-state index contributed by atoms with van der Waals surface area (Å²) in [7, 11) is 1.31. The maximum atomic E-state index is 11.7. The van der Waals surface area contributed by atoms with Crippen molar-refractivity contribution in [1.82, 2.24) is 0 Å². The molecule has 2 rings (SSSR count). The molecule has 0 heterocycles. The molecule has 1 N–H and O–H groups in total. The molecule has 0 unspecified atom stereocenters. The van der Waals surface area contributed by atoms with Crippen molar-refractivity contribution in [3.8, 4) is 17.2 Å². The van der Waals surface area contributed by atoms with Crippen LogP contribution in [0.4, 0.5) is 0 Å². The van der Waals surface area contributed by atoms with Gasteiger partial charge in [0.25, 0.3) is 0 Å². The third kappa shape index (κ3) is 5.00. The van der Waals surface area contributed by atoms with E-state index in [1.54, 1.807) is 36.4 Å². The Morgan fingerprint density at radius 2 is 1.63 bits per heavy atom. The van der Waals surface area contributed by atoms with Crippen LogP contribution in [0.3, 0.4) is 0 Å². The first-order chi connectivity index (χ1) is 13.0. The molecule has 6 heteroatoms. The largest absolute Gasteiger partial charge is 0.507 e. The first-order valence-corrected chi connectivity index (χ1v) is 8.78. The van der Waals surface area contributed by atoms with Gasteiger partial charge in [0.1, 0.15) is 36.0 Å². The Morgan fingerprint density at radius 1 is 0.963 bits per heavy atom. The van der Waals surface area contributed by atoms with Gasteiger partial charge < -0.3 is 19.3 Å². The molecule has 0 fully saturated rings. The molecule has 0 aliphatic carbocycles. The molecule has 2 aromatic carbocycles. The molecule has 0 radical (unpaired) electrons. The maximum Gasteiger partial charge on any atom is 0.341 e. The third-order valence-electron chi connectivity index (χ3n) is 4.01. The fourth-order valence-electron chi connectivity index (χ4n) is 2.70. The summed E-state index contributed by atoms with van der Waals surface area (Å²) in [6.45, 7) is 3.81. The van der Waals surface area contributed by atoms with E-state index in [0.717, 1.165) is 6.42 Å². The van der Waals surface area contributed by atoms with Crippen LogP contribution < -0.4 is 9.47 Å². The highest BCUT2D eigenvalue weighted by atomic mass is 16.5. The van der Waals surface area contributed by atoms with Crippen LogP contribution in [-0.4, -0.2) is 37.2 Å². The van der Waals surface area contributed by atoms with Gasteiger partial charge in [-0.1, -0.05) is 25.5 Å². The van der Waals surface area contributed by atoms with Gasteiger partial charge in [-0.05, 0) is 37.6 Å². The first kappa shape index (κ1) is 20.3. The molecule has 0 aliphatic rings. The zero-order chi connectivity index (χ0) is 19.8. The first-order valence-electron chi connectivity index (χ1n) is 8.78. The molecule has 0 aliphatic heterocycles. The number of phenols is 1. The number of aromatic hydroxyl groups is 1. The van der Waals surface area contributed by atoms with E-state index < -0.39 is 5.97 Å². The Balaban J connectivity index is 2.05. The number of benzene rings is 2. The Morgan fingerprint density at radius 3 is 2.26 bits per heavy atom. The lowest BCUT2D eigenvalue weighted by molar-refractivity contribution is 0.0595. The standard InChI is InChI=1S/C21H24O6/c1-4-7-16-19(11-10-15(14(2)22)20(16)23)27-13-12-26-18-9-6-5-8-17(18)21(24)25-3/h5-6,8-11,23H,4,7,12-13H2,1-3H3. The summed E-state index contributed by atoms with van der Waals surface area (Å²) in [5.74, 6) is 0.236. The predicted molar refractivity (Wildman–Crippen MR) is 101 cm³/mol. The molecular formula is C21H24O6. The van der Waals surface area contributed by atoms with Gasteiger partial charge in [-0.15, -0.1) is 0 Å². The number of ketones is 1. The zero-order valence-corrected chi connectivity index (χ0v) is 15.8. The smallest absolute Gasteiger partial charge is 0.341 e. The average Bonchev–Trinajstić information content (AvgIpc) is 2.67. The van der Waals surface area contributed by atoms with Crippen LogP contribution in [-0.2, 0) is 11.2 Å². The van der Waals surface area contributed by atoms with Crippen LogP contribution in [0.25, 0.3) is 0 Å². The second-order valence-electron chi connectivity index (χ2n) is 5.93. The zero-order valence-electron chi connectivity index (χ0n) is 15.8. The summed E-state index contributed by atoms with van der Waals surface area (Å²) in [5, 5.41) is 10.3. The average molecular weight is 372 g/mol. The molecule has 0 bridgehead atoms. The van der Waals surface area contributed by atoms with Crippen LogP contribution in [0.5, 0.6) is 17.2 Å². The number of Topliss-reactive ketones (excluding diaryl/α,β-unsaturated/α-hetero) is 1. The fraction of sp³-hybridized carbons (Fsp3) is 0.333. The number of hydrogen-bond acceptors (Lipinski definition) is 6. The molecule has 0 atom stereocenters. The van der Waals surface area contributed by atoms with Gasteiger partial charge in [0.15, 0.2) is 5.78 Å². The van der Waals surface area contributed by atoms with Crippen molar-refractivity contribution in [3.63, 3.8) is 0 Å². The van der Waals surface area contributed by atoms with Crippen LogP contribution in [0.15, 0.2) is 36.4 Å². The van der Waals surface area contributed by atoms with Gasteiger partial charge in [0.05, 0.1) is 12.7 Å². The Bertz CT molecular complexity index is 812. The molecule has 0 spiro atoms. The number of hydrogen-bond donors (Lipinski definition) is 1. The van der Waals surface area contributed by atoms with Crippen molar-refractivity contribution in [2.45, 2.75) is 26.7 Å². The van der Waals surface area contributed by atoms with Crippen molar-refractivity contribution in [2.24, 2.45) is 0 Å².